The monoisotopic (exact) mass is 276 g/mol. The molecule has 1 aromatic heterocycles. The predicted molar refractivity (Wildman–Crippen MR) is 74.6 cm³/mol. The molecule has 0 radical (unpaired) electrons. The van der Waals surface area contributed by atoms with Gasteiger partial charge in [-0.2, -0.15) is 8.78 Å². The van der Waals surface area contributed by atoms with Gasteiger partial charge in [0.15, 0.2) is 0 Å². The Labute approximate surface area is 117 Å². The zero-order valence-corrected chi connectivity index (χ0v) is 11.2. The third-order valence-corrected chi connectivity index (χ3v) is 3.64. The van der Waals surface area contributed by atoms with Crippen LogP contribution in [0.5, 0.6) is 0 Å². The van der Waals surface area contributed by atoms with Crippen molar-refractivity contribution in [3.05, 3.63) is 59.9 Å². The van der Waals surface area contributed by atoms with Gasteiger partial charge in [0.25, 0.3) is 5.92 Å². The minimum absolute atomic E-state index is 0.0646. The molecule has 1 heterocycles. The van der Waals surface area contributed by atoms with Crippen molar-refractivity contribution in [2.45, 2.75) is 37.9 Å². The summed E-state index contributed by atoms with van der Waals surface area (Å²) in [6.45, 7) is 0.341. The second kappa shape index (κ2) is 5.37. The molecule has 1 fully saturated rings. The van der Waals surface area contributed by atoms with Crippen molar-refractivity contribution in [1.29, 1.82) is 0 Å². The Morgan fingerprint density at radius 3 is 2.55 bits per heavy atom. The third kappa shape index (κ3) is 3.07. The molecule has 4 heteroatoms. The Hall–Kier alpha value is -1.68. The smallest absolute Gasteiger partial charge is 0.290 e. The fourth-order valence-corrected chi connectivity index (χ4v) is 2.29. The Morgan fingerprint density at radius 2 is 1.85 bits per heavy atom. The van der Waals surface area contributed by atoms with Crippen LogP contribution in [0.2, 0.25) is 0 Å². The van der Waals surface area contributed by atoms with Crippen LogP contribution in [0.3, 0.4) is 0 Å². The first kappa shape index (κ1) is 13.3. The fourth-order valence-electron chi connectivity index (χ4n) is 2.29. The van der Waals surface area contributed by atoms with Crippen molar-refractivity contribution in [2.24, 2.45) is 0 Å². The van der Waals surface area contributed by atoms with Crippen LogP contribution in [0, 0.1) is 0 Å². The van der Waals surface area contributed by atoms with Crippen LogP contribution >= 0.6 is 0 Å². The SMILES string of the molecule is FC(F)(Cn1cccc1CNC1CC1)c1ccccc1. The molecule has 0 aliphatic heterocycles. The van der Waals surface area contributed by atoms with Crippen LogP contribution < -0.4 is 5.32 Å². The quantitative estimate of drug-likeness (QED) is 0.854. The van der Waals surface area contributed by atoms with E-state index in [1.165, 1.54) is 25.0 Å². The van der Waals surface area contributed by atoms with Crippen LogP contribution in [-0.4, -0.2) is 10.6 Å². The first-order chi connectivity index (χ1) is 9.65. The summed E-state index contributed by atoms with van der Waals surface area (Å²) in [6, 6.07) is 12.3. The standard InChI is InChI=1S/C16H18F2N2/c17-16(18,13-5-2-1-3-6-13)12-20-10-4-7-15(20)11-19-14-8-9-14/h1-7,10,14,19H,8-9,11-12H2. The van der Waals surface area contributed by atoms with Gasteiger partial charge in [-0.25, -0.2) is 0 Å². The van der Waals surface area contributed by atoms with E-state index >= 15 is 0 Å². The number of aromatic nitrogens is 1. The van der Waals surface area contributed by atoms with Gasteiger partial charge in [-0.15, -0.1) is 0 Å². The van der Waals surface area contributed by atoms with Gasteiger partial charge in [-0.1, -0.05) is 30.3 Å². The predicted octanol–water partition coefficient (Wildman–Crippen LogP) is 3.53. The van der Waals surface area contributed by atoms with E-state index < -0.39 is 5.92 Å². The number of alkyl halides is 2. The molecule has 0 saturated heterocycles. The number of rotatable bonds is 6. The summed E-state index contributed by atoms with van der Waals surface area (Å²) in [5.74, 6) is -2.85. The zero-order chi connectivity index (χ0) is 14.0. The summed E-state index contributed by atoms with van der Waals surface area (Å²) in [5.41, 5.74) is 0.974. The van der Waals surface area contributed by atoms with E-state index in [0.29, 0.717) is 12.6 Å². The van der Waals surface area contributed by atoms with Crippen molar-refractivity contribution in [2.75, 3.05) is 0 Å². The molecule has 2 nitrogen and oxygen atoms in total. The van der Waals surface area contributed by atoms with E-state index in [-0.39, 0.29) is 12.1 Å². The Bertz CT molecular complexity index is 559. The molecule has 0 bridgehead atoms. The summed E-state index contributed by atoms with van der Waals surface area (Å²) in [7, 11) is 0. The second-order valence-electron chi connectivity index (χ2n) is 5.35. The summed E-state index contributed by atoms with van der Waals surface area (Å²) < 4.78 is 30.2. The number of halogens is 2. The third-order valence-electron chi connectivity index (χ3n) is 3.64. The highest BCUT2D eigenvalue weighted by Gasteiger charge is 2.32. The van der Waals surface area contributed by atoms with Crippen LogP contribution in [0.4, 0.5) is 8.78 Å². The zero-order valence-electron chi connectivity index (χ0n) is 11.2. The average Bonchev–Trinajstić information content (AvgIpc) is 3.18. The highest BCUT2D eigenvalue weighted by molar-refractivity contribution is 5.20. The van der Waals surface area contributed by atoms with E-state index in [9.17, 15) is 8.78 Å². The van der Waals surface area contributed by atoms with Gasteiger partial charge in [0.2, 0.25) is 0 Å². The lowest BCUT2D eigenvalue weighted by Gasteiger charge is -2.19. The number of benzene rings is 1. The molecule has 1 aliphatic rings. The normalized spacial score (nSPS) is 15.5. The molecule has 0 atom stereocenters. The van der Waals surface area contributed by atoms with Gasteiger partial charge >= 0.3 is 0 Å². The maximum absolute atomic E-state index is 14.3. The maximum Gasteiger partial charge on any atom is 0.290 e. The van der Waals surface area contributed by atoms with Gasteiger partial charge < -0.3 is 9.88 Å². The lowest BCUT2D eigenvalue weighted by Crippen LogP contribution is -2.24. The van der Waals surface area contributed by atoms with E-state index in [1.807, 2.05) is 12.1 Å². The van der Waals surface area contributed by atoms with Crippen molar-refractivity contribution in [3.63, 3.8) is 0 Å². The minimum Gasteiger partial charge on any atom is -0.344 e. The Kier molecular flexibility index (Phi) is 3.57. The molecule has 0 amide bonds. The lowest BCUT2D eigenvalue weighted by atomic mass is 10.1. The van der Waals surface area contributed by atoms with Gasteiger partial charge in [0, 0.05) is 30.0 Å². The molecule has 1 saturated carbocycles. The highest BCUT2D eigenvalue weighted by Crippen LogP contribution is 2.30. The van der Waals surface area contributed by atoms with E-state index in [4.69, 9.17) is 0 Å². The van der Waals surface area contributed by atoms with E-state index in [2.05, 4.69) is 5.32 Å². The lowest BCUT2D eigenvalue weighted by molar-refractivity contribution is -0.0228. The number of nitrogens with zero attached hydrogens (tertiary/aromatic N) is 1. The molecule has 1 aromatic carbocycles. The molecule has 0 spiro atoms. The molecule has 20 heavy (non-hydrogen) atoms. The summed E-state index contributed by atoms with van der Waals surface area (Å²) in [4.78, 5) is 0. The molecule has 1 N–H and O–H groups in total. The van der Waals surface area contributed by atoms with Gasteiger partial charge in [0.05, 0.1) is 6.54 Å². The van der Waals surface area contributed by atoms with E-state index in [1.54, 1.807) is 29.0 Å². The van der Waals surface area contributed by atoms with Crippen LogP contribution in [0.25, 0.3) is 0 Å². The van der Waals surface area contributed by atoms with Crippen LogP contribution in [-0.2, 0) is 19.0 Å². The molecule has 106 valence electrons. The van der Waals surface area contributed by atoms with Crippen LogP contribution in [0.1, 0.15) is 24.1 Å². The van der Waals surface area contributed by atoms with Gasteiger partial charge in [0.1, 0.15) is 0 Å². The van der Waals surface area contributed by atoms with Crippen molar-refractivity contribution in [1.82, 2.24) is 9.88 Å². The van der Waals surface area contributed by atoms with Gasteiger partial charge in [-0.05, 0) is 25.0 Å². The average molecular weight is 276 g/mol. The van der Waals surface area contributed by atoms with Gasteiger partial charge in [-0.3, -0.25) is 0 Å². The topological polar surface area (TPSA) is 17.0 Å². The molecular weight excluding hydrogens is 258 g/mol. The largest absolute Gasteiger partial charge is 0.344 e. The Balaban J connectivity index is 1.71. The van der Waals surface area contributed by atoms with E-state index in [0.717, 1.165) is 5.69 Å². The number of nitrogens with one attached hydrogen (secondary N) is 1. The molecule has 1 aliphatic carbocycles. The van der Waals surface area contributed by atoms with Crippen molar-refractivity contribution in [3.8, 4) is 0 Å². The van der Waals surface area contributed by atoms with Crippen molar-refractivity contribution >= 4 is 0 Å². The minimum atomic E-state index is -2.85. The molecular formula is C16H18F2N2. The molecule has 3 rings (SSSR count). The first-order valence-electron chi connectivity index (χ1n) is 6.96. The summed E-state index contributed by atoms with van der Waals surface area (Å²) >= 11 is 0. The molecule has 0 unspecified atom stereocenters. The maximum atomic E-state index is 14.3. The number of hydrogen-bond donors (Lipinski definition) is 1. The summed E-state index contributed by atoms with van der Waals surface area (Å²) in [5, 5.41) is 3.36. The second-order valence-corrected chi connectivity index (χ2v) is 5.35. The molecule has 2 aromatic rings. The Morgan fingerprint density at radius 1 is 1.10 bits per heavy atom. The van der Waals surface area contributed by atoms with Crippen molar-refractivity contribution < 1.29 is 8.78 Å². The fraction of sp³-hybridized carbons (Fsp3) is 0.375. The summed E-state index contributed by atoms with van der Waals surface area (Å²) in [6.07, 6.45) is 4.11. The number of hydrogen-bond acceptors (Lipinski definition) is 1. The first-order valence-corrected chi connectivity index (χ1v) is 6.96. The highest BCUT2D eigenvalue weighted by atomic mass is 19.3. The van der Waals surface area contributed by atoms with Crippen LogP contribution in [0.15, 0.2) is 48.7 Å².